The maximum atomic E-state index is 14.1. The fraction of sp³-hybridized carbons (Fsp3) is 0.256. The lowest BCUT2D eigenvalue weighted by molar-refractivity contribution is -0.135. The predicted octanol–water partition coefficient (Wildman–Crippen LogP) is 6.26. The lowest BCUT2D eigenvalue weighted by atomic mass is 9.95. The van der Waals surface area contributed by atoms with Gasteiger partial charge in [0.25, 0.3) is 11.8 Å². The number of carbonyl (C=O) groups is 3. The van der Waals surface area contributed by atoms with Crippen molar-refractivity contribution < 1.29 is 57.0 Å². The highest BCUT2D eigenvalue weighted by molar-refractivity contribution is 9.10. The lowest BCUT2D eigenvalue weighted by Crippen LogP contribution is -2.36. The van der Waals surface area contributed by atoms with E-state index in [0.29, 0.717) is 67.2 Å². The molecule has 1 aliphatic rings. The zero-order valence-electron chi connectivity index (χ0n) is 30.4. The molecule has 0 atom stereocenters. The minimum Gasteiger partial charge on any atom is -0.493 e. The van der Waals surface area contributed by atoms with Crippen molar-refractivity contribution in [3.8, 4) is 51.7 Å². The van der Waals surface area contributed by atoms with E-state index in [2.05, 4.69) is 15.9 Å². The first kappa shape index (κ1) is 38.3. The van der Waals surface area contributed by atoms with E-state index >= 15 is 0 Å². The van der Waals surface area contributed by atoms with E-state index in [4.69, 9.17) is 42.6 Å². The number of methoxy groups -OCH3 is 8. The number of nitrogens with zero attached hydrogens (tertiary/aromatic N) is 1. The Bertz CT molecular complexity index is 2020. The second kappa shape index (κ2) is 16.6. The second-order valence-corrected chi connectivity index (χ2v) is 12.1. The molecule has 13 nitrogen and oxygen atoms in total. The van der Waals surface area contributed by atoms with Crippen molar-refractivity contribution >= 4 is 44.7 Å². The minimum atomic E-state index is -0.664. The van der Waals surface area contributed by atoms with Gasteiger partial charge in [0.15, 0.2) is 51.8 Å². The molecule has 53 heavy (non-hydrogen) atoms. The number of rotatable bonds is 16. The van der Waals surface area contributed by atoms with Gasteiger partial charge >= 0.3 is 0 Å². The highest BCUT2D eigenvalue weighted by Crippen LogP contribution is 2.45. The molecule has 0 spiro atoms. The summed E-state index contributed by atoms with van der Waals surface area (Å²) in [5.41, 5.74) is 1.82. The SMILES string of the molecule is COc1ccc(C2=C(c3ccc(OC)c(OC)c3)C(=O)N(CC(=O)c3ccc(OCc4cc(OC)c(OC)c(OC)c4Br)c(OC)c3)C2=O)cc1OC. The van der Waals surface area contributed by atoms with Crippen LogP contribution in [0.3, 0.4) is 0 Å². The Kier molecular flexibility index (Phi) is 12.0. The van der Waals surface area contributed by atoms with Crippen LogP contribution in [0.1, 0.15) is 27.0 Å². The van der Waals surface area contributed by atoms with Gasteiger partial charge in [-0.3, -0.25) is 19.3 Å². The lowest BCUT2D eigenvalue weighted by Gasteiger charge is -2.18. The van der Waals surface area contributed by atoms with Gasteiger partial charge in [-0.1, -0.05) is 12.1 Å². The van der Waals surface area contributed by atoms with Gasteiger partial charge in [-0.05, 0) is 75.6 Å². The van der Waals surface area contributed by atoms with Crippen LogP contribution < -0.4 is 42.6 Å². The third kappa shape index (κ3) is 7.40. The molecule has 0 N–H and O–H groups in total. The van der Waals surface area contributed by atoms with Crippen LogP contribution in [-0.2, 0) is 16.2 Å². The van der Waals surface area contributed by atoms with Crippen molar-refractivity contribution in [1.29, 1.82) is 0 Å². The molecule has 278 valence electrons. The summed E-state index contributed by atoms with van der Waals surface area (Å²) >= 11 is 3.55. The first-order valence-electron chi connectivity index (χ1n) is 16.0. The summed E-state index contributed by atoms with van der Waals surface area (Å²) in [5, 5.41) is 0. The zero-order chi connectivity index (χ0) is 38.4. The number of hydrogen-bond acceptors (Lipinski definition) is 12. The van der Waals surface area contributed by atoms with Crippen molar-refractivity contribution in [1.82, 2.24) is 4.90 Å². The Morgan fingerprint density at radius 2 is 1.02 bits per heavy atom. The van der Waals surface area contributed by atoms with E-state index in [1.807, 2.05) is 0 Å². The number of carbonyl (C=O) groups excluding carboxylic acids is 3. The maximum Gasteiger partial charge on any atom is 0.262 e. The van der Waals surface area contributed by atoms with Gasteiger partial charge in [0, 0.05) is 11.1 Å². The Morgan fingerprint density at radius 1 is 0.547 bits per heavy atom. The van der Waals surface area contributed by atoms with Crippen molar-refractivity contribution in [2.75, 3.05) is 63.4 Å². The zero-order valence-corrected chi connectivity index (χ0v) is 32.0. The number of imide groups is 1. The smallest absolute Gasteiger partial charge is 0.262 e. The largest absolute Gasteiger partial charge is 0.493 e. The van der Waals surface area contributed by atoms with Gasteiger partial charge in [0.05, 0.1) is 79.0 Å². The summed E-state index contributed by atoms with van der Waals surface area (Å²) in [7, 11) is 11.9. The number of Topliss-reactive ketones (excluding diaryl/α,β-unsaturated/α-hetero) is 1. The van der Waals surface area contributed by atoms with Gasteiger partial charge < -0.3 is 42.6 Å². The Hall–Kier alpha value is -5.89. The predicted molar refractivity (Wildman–Crippen MR) is 198 cm³/mol. The Balaban J connectivity index is 1.45. The van der Waals surface area contributed by atoms with Crippen molar-refractivity contribution in [2.24, 2.45) is 0 Å². The topological polar surface area (TPSA) is 138 Å². The summed E-state index contributed by atoms with van der Waals surface area (Å²) < 4.78 is 50.4. The summed E-state index contributed by atoms with van der Waals surface area (Å²) in [5.74, 6) is 1.64. The third-order valence-electron chi connectivity index (χ3n) is 8.53. The van der Waals surface area contributed by atoms with Crippen LogP contribution in [-0.4, -0.2) is 85.9 Å². The molecule has 4 aromatic rings. The molecule has 0 aliphatic carbocycles. The van der Waals surface area contributed by atoms with Crippen molar-refractivity contribution in [3.05, 3.63) is 87.4 Å². The number of ether oxygens (including phenoxy) is 9. The maximum absolute atomic E-state index is 14.1. The molecule has 0 aromatic heterocycles. The highest BCUT2D eigenvalue weighted by Gasteiger charge is 2.41. The number of hydrogen-bond donors (Lipinski definition) is 0. The van der Waals surface area contributed by atoms with E-state index in [1.165, 1.54) is 69.0 Å². The highest BCUT2D eigenvalue weighted by atomic mass is 79.9. The monoisotopic (exact) mass is 791 g/mol. The summed E-state index contributed by atoms with van der Waals surface area (Å²) in [6, 6.07) is 16.1. The van der Waals surface area contributed by atoms with Crippen LogP contribution in [0, 0.1) is 0 Å². The standard InChI is InChI=1S/C39H38BrNO12/c1-45-26-12-10-22(16-29(26)47-3)33-34(23-11-13-27(46-2)30(17-23)48-4)39(44)41(38(33)43)19-25(42)21-9-14-28(31(15-21)49-5)53-20-24-18-32(50-6)36(51-7)37(52-8)35(24)40/h9-18H,19-20H2,1-8H3. The van der Waals surface area contributed by atoms with Crippen molar-refractivity contribution in [3.63, 3.8) is 0 Å². The second-order valence-electron chi connectivity index (χ2n) is 11.3. The molecule has 0 saturated heterocycles. The molecule has 5 rings (SSSR count). The molecule has 0 unspecified atom stereocenters. The molecule has 0 fully saturated rings. The van der Waals surface area contributed by atoms with Crippen LogP contribution >= 0.6 is 15.9 Å². The quantitative estimate of drug-likeness (QED) is 0.0936. The van der Waals surface area contributed by atoms with E-state index in [9.17, 15) is 14.4 Å². The van der Waals surface area contributed by atoms with E-state index in [-0.39, 0.29) is 29.1 Å². The van der Waals surface area contributed by atoms with Crippen LogP contribution in [0.15, 0.2) is 65.1 Å². The van der Waals surface area contributed by atoms with E-state index < -0.39 is 24.1 Å². The molecule has 0 bridgehead atoms. The van der Waals surface area contributed by atoms with Gasteiger partial charge in [0.1, 0.15) is 6.61 Å². The molecular weight excluding hydrogens is 754 g/mol. The van der Waals surface area contributed by atoms with Crippen molar-refractivity contribution in [2.45, 2.75) is 6.61 Å². The third-order valence-corrected chi connectivity index (χ3v) is 9.40. The fourth-order valence-corrected chi connectivity index (χ4v) is 6.44. The average molecular weight is 793 g/mol. The first-order valence-corrected chi connectivity index (χ1v) is 16.7. The molecular formula is C39H38BrNO12. The van der Waals surface area contributed by atoms with Crippen LogP contribution in [0.2, 0.25) is 0 Å². The number of ketones is 1. The fourth-order valence-electron chi connectivity index (χ4n) is 5.87. The van der Waals surface area contributed by atoms with Crippen LogP contribution in [0.4, 0.5) is 0 Å². The Labute approximate surface area is 315 Å². The molecule has 1 aliphatic heterocycles. The number of amides is 2. The summed E-state index contributed by atoms with van der Waals surface area (Å²) in [6.07, 6.45) is 0. The van der Waals surface area contributed by atoms with E-state index in [0.717, 1.165) is 4.90 Å². The average Bonchev–Trinajstić information content (AvgIpc) is 3.43. The molecule has 0 radical (unpaired) electrons. The van der Waals surface area contributed by atoms with Gasteiger partial charge in [-0.25, -0.2) is 0 Å². The number of benzene rings is 4. The molecule has 1 heterocycles. The molecule has 0 saturated carbocycles. The number of halogens is 1. The van der Waals surface area contributed by atoms with Crippen LogP contribution in [0.25, 0.3) is 11.1 Å². The van der Waals surface area contributed by atoms with Gasteiger partial charge in [-0.15, -0.1) is 0 Å². The molecule has 2 amide bonds. The van der Waals surface area contributed by atoms with Gasteiger partial charge in [0.2, 0.25) is 5.75 Å². The minimum absolute atomic E-state index is 0.0707. The summed E-state index contributed by atoms with van der Waals surface area (Å²) in [6.45, 7) is -0.478. The van der Waals surface area contributed by atoms with Gasteiger partial charge in [-0.2, -0.15) is 0 Å². The molecule has 14 heteroatoms. The Morgan fingerprint density at radius 3 is 1.49 bits per heavy atom. The van der Waals surface area contributed by atoms with Crippen LogP contribution in [0.5, 0.6) is 51.7 Å². The first-order chi connectivity index (χ1) is 25.6. The normalized spacial score (nSPS) is 12.4. The summed E-state index contributed by atoms with van der Waals surface area (Å²) in [4.78, 5) is 43.0. The molecule has 4 aromatic carbocycles. The van der Waals surface area contributed by atoms with E-state index in [1.54, 1.807) is 48.5 Å².